The standard InChI is InChI=1S/C20H16O6/c1-20(2)25-18(21)13(19(22)26-20)10-12-14(23-3)8-9-16-17(12)11-6-4-5-7-15(11)24-16/h4-10H,1-3H3. The van der Waals surface area contributed by atoms with Crippen molar-refractivity contribution in [2.75, 3.05) is 7.11 Å². The van der Waals surface area contributed by atoms with Crippen molar-refractivity contribution in [3.63, 3.8) is 0 Å². The van der Waals surface area contributed by atoms with E-state index in [9.17, 15) is 9.59 Å². The fourth-order valence-corrected chi connectivity index (χ4v) is 3.07. The molecule has 0 amide bonds. The van der Waals surface area contributed by atoms with Gasteiger partial charge in [0.2, 0.25) is 0 Å². The molecule has 0 N–H and O–H groups in total. The first kappa shape index (κ1) is 16.2. The van der Waals surface area contributed by atoms with Gasteiger partial charge in [-0.25, -0.2) is 9.59 Å². The van der Waals surface area contributed by atoms with Crippen LogP contribution in [0, 0.1) is 0 Å². The molecule has 4 rings (SSSR count). The number of hydrogen-bond donors (Lipinski definition) is 0. The Bertz CT molecular complexity index is 1060. The summed E-state index contributed by atoms with van der Waals surface area (Å²) < 4.78 is 21.6. The molecule has 0 bridgehead atoms. The molecule has 0 aliphatic carbocycles. The fourth-order valence-electron chi connectivity index (χ4n) is 3.07. The minimum absolute atomic E-state index is 0.194. The van der Waals surface area contributed by atoms with Gasteiger partial charge in [0.05, 0.1) is 7.11 Å². The molecule has 1 aliphatic rings. The van der Waals surface area contributed by atoms with Crippen LogP contribution in [0.5, 0.6) is 5.75 Å². The van der Waals surface area contributed by atoms with Crippen LogP contribution in [0.1, 0.15) is 19.4 Å². The summed E-state index contributed by atoms with van der Waals surface area (Å²) >= 11 is 0. The minimum atomic E-state index is -1.29. The highest BCUT2D eigenvalue weighted by Gasteiger charge is 2.39. The van der Waals surface area contributed by atoms with E-state index in [0.717, 1.165) is 10.8 Å². The molecule has 26 heavy (non-hydrogen) atoms. The third kappa shape index (κ3) is 2.50. The van der Waals surface area contributed by atoms with E-state index in [4.69, 9.17) is 18.6 Å². The number of furan rings is 1. The van der Waals surface area contributed by atoms with E-state index in [1.165, 1.54) is 27.0 Å². The van der Waals surface area contributed by atoms with E-state index >= 15 is 0 Å². The van der Waals surface area contributed by atoms with Crippen LogP contribution in [0.4, 0.5) is 0 Å². The van der Waals surface area contributed by atoms with Crippen molar-refractivity contribution in [2.45, 2.75) is 19.6 Å². The summed E-state index contributed by atoms with van der Waals surface area (Å²) in [6.07, 6.45) is 1.43. The molecule has 2 aromatic carbocycles. The molecular weight excluding hydrogens is 336 g/mol. The van der Waals surface area contributed by atoms with E-state index in [-0.39, 0.29) is 5.57 Å². The first-order valence-corrected chi connectivity index (χ1v) is 8.06. The zero-order valence-corrected chi connectivity index (χ0v) is 14.5. The molecular formula is C20H16O6. The Labute approximate surface area is 148 Å². The highest BCUT2D eigenvalue weighted by atomic mass is 16.7. The van der Waals surface area contributed by atoms with Crippen LogP contribution in [-0.2, 0) is 19.1 Å². The summed E-state index contributed by atoms with van der Waals surface area (Å²) in [6.45, 7) is 3.01. The largest absolute Gasteiger partial charge is 0.496 e. The number of methoxy groups -OCH3 is 1. The molecule has 0 atom stereocenters. The zero-order valence-electron chi connectivity index (χ0n) is 14.5. The van der Waals surface area contributed by atoms with Crippen molar-refractivity contribution in [1.29, 1.82) is 0 Å². The van der Waals surface area contributed by atoms with Gasteiger partial charge >= 0.3 is 11.9 Å². The van der Waals surface area contributed by atoms with Gasteiger partial charge in [0, 0.05) is 30.2 Å². The van der Waals surface area contributed by atoms with E-state index in [1.807, 2.05) is 24.3 Å². The van der Waals surface area contributed by atoms with E-state index in [1.54, 1.807) is 12.1 Å². The lowest BCUT2D eigenvalue weighted by Crippen LogP contribution is -2.41. The Morgan fingerprint density at radius 1 is 0.962 bits per heavy atom. The maximum absolute atomic E-state index is 12.3. The number of rotatable bonds is 2. The average molecular weight is 352 g/mol. The van der Waals surface area contributed by atoms with Crippen molar-refractivity contribution in [3.8, 4) is 5.75 Å². The van der Waals surface area contributed by atoms with E-state index < -0.39 is 17.7 Å². The lowest BCUT2D eigenvalue weighted by atomic mass is 10.0. The van der Waals surface area contributed by atoms with E-state index in [2.05, 4.69) is 0 Å². The van der Waals surface area contributed by atoms with Crippen molar-refractivity contribution in [3.05, 3.63) is 47.5 Å². The van der Waals surface area contributed by atoms with Crippen LogP contribution >= 0.6 is 0 Å². The van der Waals surface area contributed by atoms with Crippen molar-refractivity contribution < 1.29 is 28.2 Å². The highest BCUT2D eigenvalue weighted by molar-refractivity contribution is 6.21. The normalized spacial score (nSPS) is 16.5. The molecule has 3 aromatic rings. The lowest BCUT2D eigenvalue weighted by molar-refractivity contribution is -0.222. The quantitative estimate of drug-likeness (QED) is 0.397. The maximum atomic E-state index is 12.3. The number of cyclic esters (lactones) is 2. The number of carbonyl (C=O) groups is 2. The van der Waals surface area contributed by atoms with Gasteiger partial charge in [-0.15, -0.1) is 0 Å². The number of benzene rings is 2. The number of esters is 2. The smallest absolute Gasteiger partial charge is 0.348 e. The molecule has 1 saturated heterocycles. The Balaban J connectivity index is 1.98. The van der Waals surface area contributed by atoms with Crippen LogP contribution in [0.15, 0.2) is 46.4 Å². The summed E-state index contributed by atoms with van der Waals surface area (Å²) in [5.41, 5.74) is 1.68. The third-order valence-corrected chi connectivity index (χ3v) is 4.17. The van der Waals surface area contributed by atoms with Gasteiger partial charge in [-0.05, 0) is 24.3 Å². The molecule has 6 nitrogen and oxygen atoms in total. The van der Waals surface area contributed by atoms with Crippen LogP contribution in [0.25, 0.3) is 28.0 Å². The van der Waals surface area contributed by atoms with Crippen LogP contribution < -0.4 is 4.74 Å². The minimum Gasteiger partial charge on any atom is -0.496 e. The third-order valence-electron chi connectivity index (χ3n) is 4.17. The lowest BCUT2D eigenvalue weighted by Gasteiger charge is -2.29. The zero-order chi connectivity index (χ0) is 18.5. The molecule has 1 aromatic heterocycles. The second-order valence-electron chi connectivity index (χ2n) is 6.39. The molecule has 1 fully saturated rings. The van der Waals surface area contributed by atoms with Crippen molar-refractivity contribution >= 4 is 40.0 Å². The highest BCUT2D eigenvalue weighted by Crippen LogP contribution is 2.38. The SMILES string of the molecule is COc1ccc2oc3ccccc3c2c1C=C1C(=O)OC(C)(C)OC1=O. The summed E-state index contributed by atoms with van der Waals surface area (Å²) in [6, 6.07) is 11.0. The second kappa shape index (κ2) is 5.62. The Morgan fingerprint density at radius 2 is 1.65 bits per heavy atom. The number of hydrogen-bond acceptors (Lipinski definition) is 6. The molecule has 132 valence electrons. The summed E-state index contributed by atoms with van der Waals surface area (Å²) in [5, 5.41) is 1.60. The van der Waals surface area contributed by atoms with Gasteiger partial charge in [0.15, 0.2) is 0 Å². The van der Waals surface area contributed by atoms with Crippen molar-refractivity contribution in [2.24, 2.45) is 0 Å². The van der Waals surface area contributed by atoms with Gasteiger partial charge in [0.1, 0.15) is 22.5 Å². The van der Waals surface area contributed by atoms with Gasteiger partial charge in [-0.1, -0.05) is 18.2 Å². The molecule has 2 heterocycles. The average Bonchev–Trinajstić information content (AvgIpc) is 2.96. The number of fused-ring (bicyclic) bond motifs is 3. The predicted molar refractivity (Wildman–Crippen MR) is 94.5 cm³/mol. The molecule has 6 heteroatoms. The van der Waals surface area contributed by atoms with Gasteiger partial charge in [-0.2, -0.15) is 0 Å². The van der Waals surface area contributed by atoms with Gasteiger partial charge in [0.25, 0.3) is 5.79 Å². The predicted octanol–water partition coefficient (Wildman–Crippen LogP) is 3.81. The molecule has 1 aliphatic heterocycles. The van der Waals surface area contributed by atoms with Gasteiger partial charge in [-0.3, -0.25) is 0 Å². The molecule has 0 spiro atoms. The van der Waals surface area contributed by atoms with Crippen LogP contribution in [0.3, 0.4) is 0 Å². The molecule has 0 unspecified atom stereocenters. The first-order valence-electron chi connectivity index (χ1n) is 8.06. The van der Waals surface area contributed by atoms with Crippen LogP contribution in [0.2, 0.25) is 0 Å². The second-order valence-corrected chi connectivity index (χ2v) is 6.39. The van der Waals surface area contributed by atoms with Crippen LogP contribution in [-0.4, -0.2) is 24.8 Å². The monoisotopic (exact) mass is 352 g/mol. The first-order chi connectivity index (χ1) is 12.4. The fraction of sp³-hybridized carbons (Fsp3) is 0.200. The number of para-hydroxylation sites is 1. The molecule has 0 radical (unpaired) electrons. The summed E-state index contributed by atoms with van der Waals surface area (Å²) in [4.78, 5) is 24.6. The number of ether oxygens (including phenoxy) is 3. The molecule has 0 saturated carbocycles. The number of carbonyl (C=O) groups excluding carboxylic acids is 2. The Hall–Kier alpha value is -3.28. The Kier molecular flexibility index (Phi) is 3.50. The topological polar surface area (TPSA) is 75.0 Å². The summed E-state index contributed by atoms with van der Waals surface area (Å²) in [7, 11) is 1.52. The maximum Gasteiger partial charge on any atom is 0.348 e. The Morgan fingerprint density at radius 3 is 2.35 bits per heavy atom. The summed E-state index contributed by atoms with van der Waals surface area (Å²) in [5.74, 6) is -2.26. The van der Waals surface area contributed by atoms with E-state index in [0.29, 0.717) is 22.5 Å². The van der Waals surface area contributed by atoms with Crippen molar-refractivity contribution in [1.82, 2.24) is 0 Å². The van der Waals surface area contributed by atoms with Gasteiger partial charge < -0.3 is 18.6 Å².